The molecular formula is C11H13F2NO. The molecule has 0 saturated heterocycles. The van der Waals surface area contributed by atoms with Gasteiger partial charge in [0.2, 0.25) is 0 Å². The van der Waals surface area contributed by atoms with Gasteiger partial charge in [-0.25, -0.2) is 8.78 Å². The maximum Gasteiger partial charge on any atom is 0.129 e. The Morgan fingerprint density at radius 2 is 2.13 bits per heavy atom. The molecule has 0 heterocycles. The van der Waals surface area contributed by atoms with Crippen molar-refractivity contribution in [2.45, 2.75) is 19.8 Å². The van der Waals surface area contributed by atoms with Gasteiger partial charge in [-0.15, -0.1) is 0 Å². The minimum atomic E-state index is -0.584. The molecule has 82 valence electrons. The number of hydrogen-bond acceptors (Lipinski definition) is 2. The van der Waals surface area contributed by atoms with Crippen molar-refractivity contribution in [3.63, 3.8) is 0 Å². The second-order valence-electron chi connectivity index (χ2n) is 3.35. The molecule has 0 radical (unpaired) electrons. The molecule has 0 aliphatic heterocycles. The SMILES string of the molecule is C/C(=C/C(C)c1ccc(F)cc1F)ON. The minimum absolute atomic E-state index is 0.214. The Labute approximate surface area is 87.3 Å². The number of benzene rings is 1. The van der Waals surface area contributed by atoms with E-state index in [1.807, 2.05) is 0 Å². The largest absolute Gasteiger partial charge is 0.417 e. The summed E-state index contributed by atoms with van der Waals surface area (Å²) in [5.74, 6) is 4.07. The van der Waals surface area contributed by atoms with Gasteiger partial charge >= 0.3 is 0 Å². The Hall–Kier alpha value is -1.42. The second kappa shape index (κ2) is 4.89. The van der Waals surface area contributed by atoms with Gasteiger partial charge in [0.1, 0.15) is 17.4 Å². The normalized spacial score (nSPS) is 13.8. The van der Waals surface area contributed by atoms with Crippen LogP contribution in [0, 0.1) is 11.6 Å². The third-order valence-corrected chi connectivity index (χ3v) is 2.12. The van der Waals surface area contributed by atoms with Crippen LogP contribution in [0.15, 0.2) is 30.0 Å². The zero-order valence-electron chi connectivity index (χ0n) is 8.63. The van der Waals surface area contributed by atoms with Gasteiger partial charge in [-0.05, 0) is 24.6 Å². The van der Waals surface area contributed by atoms with Crippen LogP contribution in [0.5, 0.6) is 0 Å². The molecule has 1 aromatic carbocycles. The minimum Gasteiger partial charge on any atom is -0.417 e. The van der Waals surface area contributed by atoms with E-state index >= 15 is 0 Å². The molecule has 1 aromatic rings. The highest BCUT2D eigenvalue weighted by Gasteiger charge is 2.10. The third-order valence-electron chi connectivity index (χ3n) is 2.12. The topological polar surface area (TPSA) is 35.2 Å². The number of nitrogens with two attached hydrogens (primary N) is 1. The maximum atomic E-state index is 13.3. The molecule has 0 aromatic heterocycles. The van der Waals surface area contributed by atoms with Crippen LogP contribution in [-0.2, 0) is 4.84 Å². The fourth-order valence-corrected chi connectivity index (χ4v) is 1.35. The van der Waals surface area contributed by atoms with Crippen LogP contribution in [0.4, 0.5) is 8.78 Å². The molecule has 0 bridgehead atoms. The zero-order chi connectivity index (χ0) is 11.4. The molecule has 15 heavy (non-hydrogen) atoms. The molecular weight excluding hydrogens is 200 g/mol. The quantitative estimate of drug-likeness (QED) is 0.619. The van der Waals surface area contributed by atoms with E-state index in [2.05, 4.69) is 4.84 Å². The molecule has 4 heteroatoms. The van der Waals surface area contributed by atoms with Crippen LogP contribution in [-0.4, -0.2) is 0 Å². The monoisotopic (exact) mass is 213 g/mol. The summed E-state index contributed by atoms with van der Waals surface area (Å²) in [7, 11) is 0. The maximum absolute atomic E-state index is 13.3. The van der Waals surface area contributed by atoms with Gasteiger partial charge in [0.15, 0.2) is 0 Å². The van der Waals surface area contributed by atoms with E-state index < -0.39 is 11.6 Å². The summed E-state index contributed by atoms with van der Waals surface area (Å²) in [6.07, 6.45) is 1.66. The standard InChI is InChI=1S/C11H13F2NO/c1-7(5-8(2)15-14)10-4-3-9(12)6-11(10)13/h3-7H,14H2,1-2H3/b8-5-. The van der Waals surface area contributed by atoms with Crippen LogP contribution >= 0.6 is 0 Å². The van der Waals surface area contributed by atoms with Gasteiger partial charge in [0.25, 0.3) is 0 Å². The van der Waals surface area contributed by atoms with Gasteiger partial charge in [0, 0.05) is 12.0 Å². The Morgan fingerprint density at radius 1 is 1.47 bits per heavy atom. The number of allylic oxidation sites excluding steroid dienone is 2. The first-order valence-corrected chi connectivity index (χ1v) is 4.54. The first-order valence-electron chi connectivity index (χ1n) is 4.54. The molecule has 2 nitrogen and oxygen atoms in total. The van der Waals surface area contributed by atoms with Crippen molar-refractivity contribution in [3.8, 4) is 0 Å². The lowest BCUT2D eigenvalue weighted by atomic mass is 10.00. The van der Waals surface area contributed by atoms with Gasteiger partial charge in [-0.2, -0.15) is 5.90 Å². The van der Waals surface area contributed by atoms with Crippen molar-refractivity contribution in [2.24, 2.45) is 5.90 Å². The summed E-state index contributed by atoms with van der Waals surface area (Å²) in [6, 6.07) is 3.50. The van der Waals surface area contributed by atoms with E-state index in [0.717, 1.165) is 6.07 Å². The Bertz CT molecular complexity index is 377. The van der Waals surface area contributed by atoms with Gasteiger partial charge in [-0.3, -0.25) is 0 Å². The predicted molar refractivity (Wildman–Crippen MR) is 53.8 cm³/mol. The smallest absolute Gasteiger partial charge is 0.129 e. The molecule has 1 rings (SSSR count). The summed E-state index contributed by atoms with van der Waals surface area (Å²) >= 11 is 0. The molecule has 0 fully saturated rings. The third kappa shape index (κ3) is 3.02. The highest BCUT2D eigenvalue weighted by molar-refractivity contribution is 5.25. The fourth-order valence-electron chi connectivity index (χ4n) is 1.35. The van der Waals surface area contributed by atoms with Crippen LogP contribution in [0.25, 0.3) is 0 Å². The van der Waals surface area contributed by atoms with E-state index in [9.17, 15) is 8.78 Å². The van der Waals surface area contributed by atoms with Crippen molar-refractivity contribution < 1.29 is 13.6 Å². The average molecular weight is 213 g/mol. The Balaban J connectivity index is 2.96. The van der Waals surface area contributed by atoms with E-state index in [4.69, 9.17) is 5.90 Å². The molecule has 0 spiro atoms. The zero-order valence-corrected chi connectivity index (χ0v) is 8.63. The van der Waals surface area contributed by atoms with Crippen LogP contribution in [0.2, 0.25) is 0 Å². The first kappa shape index (κ1) is 11.7. The van der Waals surface area contributed by atoms with Crippen molar-refractivity contribution in [3.05, 3.63) is 47.2 Å². The number of hydrogen-bond donors (Lipinski definition) is 1. The highest BCUT2D eigenvalue weighted by Crippen LogP contribution is 2.22. The summed E-state index contributed by atoms with van der Waals surface area (Å²) < 4.78 is 26.0. The predicted octanol–water partition coefficient (Wildman–Crippen LogP) is 2.86. The summed E-state index contributed by atoms with van der Waals surface area (Å²) in [5, 5.41) is 0. The van der Waals surface area contributed by atoms with E-state index in [1.165, 1.54) is 12.1 Å². The van der Waals surface area contributed by atoms with Crippen molar-refractivity contribution in [2.75, 3.05) is 0 Å². The van der Waals surface area contributed by atoms with Gasteiger partial charge in [-0.1, -0.05) is 13.0 Å². The van der Waals surface area contributed by atoms with Crippen molar-refractivity contribution in [1.82, 2.24) is 0 Å². The lowest BCUT2D eigenvalue weighted by molar-refractivity contribution is 0.221. The average Bonchev–Trinajstić information content (AvgIpc) is 2.17. The van der Waals surface area contributed by atoms with E-state index in [1.54, 1.807) is 19.9 Å². The van der Waals surface area contributed by atoms with Crippen molar-refractivity contribution in [1.29, 1.82) is 0 Å². The molecule has 2 N–H and O–H groups in total. The van der Waals surface area contributed by atoms with Crippen molar-refractivity contribution >= 4 is 0 Å². The molecule has 0 aliphatic rings. The van der Waals surface area contributed by atoms with Crippen LogP contribution in [0.3, 0.4) is 0 Å². The van der Waals surface area contributed by atoms with E-state index in [0.29, 0.717) is 11.3 Å². The first-order chi connectivity index (χ1) is 7.04. The number of halogens is 2. The number of rotatable bonds is 3. The Morgan fingerprint density at radius 3 is 2.67 bits per heavy atom. The summed E-state index contributed by atoms with van der Waals surface area (Å²) in [4.78, 5) is 4.47. The lowest BCUT2D eigenvalue weighted by Crippen LogP contribution is -2.00. The second-order valence-corrected chi connectivity index (χ2v) is 3.35. The molecule has 0 amide bonds. The summed E-state index contributed by atoms with van der Waals surface area (Å²) in [6.45, 7) is 3.44. The Kier molecular flexibility index (Phi) is 3.80. The summed E-state index contributed by atoms with van der Waals surface area (Å²) in [5.41, 5.74) is 0.410. The lowest BCUT2D eigenvalue weighted by Gasteiger charge is -2.09. The molecule has 1 unspecified atom stereocenters. The highest BCUT2D eigenvalue weighted by atomic mass is 19.1. The van der Waals surface area contributed by atoms with Gasteiger partial charge < -0.3 is 4.84 Å². The van der Waals surface area contributed by atoms with Crippen LogP contribution < -0.4 is 5.90 Å². The van der Waals surface area contributed by atoms with Gasteiger partial charge in [0.05, 0.1) is 0 Å². The van der Waals surface area contributed by atoms with Crippen LogP contribution in [0.1, 0.15) is 25.3 Å². The molecule has 1 atom stereocenters. The molecule has 0 saturated carbocycles. The molecule has 0 aliphatic carbocycles. The van der Waals surface area contributed by atoms with E-state index in [-0.39, 0.29) is 5.92 Å². The fraction of sp³-hybridized carbons (Fsp3) is 0.273.